The second kappa shape index (κ2) is 10.4. The molecule has 3 aliphatic heterocycles. The number of fused-ring (bicyclic) bond motifs is 1. The van der Waals surface area contributed by atoms with Crippen LogP contribution in [-0.2, 0) is 29.4 Å². The largest absolute Gasteiger partial charge is 0.416 e. The number of amidine groups is 1. The predicted molar refractivity (Wildman–Crippen MR) is 140 cm³/mol. The van der Waals surface area contributed by atoms with Gasteiger partial charge in [0.1, 0.15) is 5.84 Å². The average Bonchev–Trinajstić information content (AvgIpc) is 3.48. The number of halogens is 3. The number of anilines is 1. The lowest BCUT2D eigenvalue weighted by molar-refractivity contribution is -0.138. The Hall–Kier alpha value is -3.28. The molecule has 2 saturated heterocycles. The minimum absolute atomic E-state index is 0.0298. The Morgan fingerprint density at radius 3 is 2.69 bits per heavy atom. The van der Waals surface area contributed by atoms with Gasteiger partial charge >= 0.3 is 6.18 Å². The van der Waals surface area contributed by atoms with Gasteiger partial charge in [0, 0.05) is 42.7 Å². The summed E-state index contributed by atoms with van der Waals surface area (Å²) in [6.07, 6.45) is -1.57. The van der Waals surface area contributed by atoms with Crippen LogP contribution in [0.4, 0.5) is 18.9 Å². The van der Waals surface area contributed by atoms with E-state index in [1.807, 2.05) is 11.0 Å². The SMILES string of the molecule is CN(C=N)C(=N)CC1(c2cccc(N3Cc4c(cc(CN5CCCC5CO)cc4C(F)(F)F)C3=O)c2)COC1. The molecule has 3 aliphatic rings. The van der Waals surface area contributed by atoms with Crippen LogP contribution in [0.3, 0.4) is 0 Å². The summed E-state index contributed by atoms with van der Waals surface area (Å²) in [7, 11) is 1.62. The molecule has 0 spiro atoms. The molecule has 3 N–H and O–H groups in total. The van der Waals surface area contributed by atoms with Crippen LogP contribution in [0.2, 0.25) is 0 Å². The molecule has 0 saturated carbocycles. The number of alkyl halides is 3. The highest BCUT2D eigenvalue weighted by molar-refractivity contribution is 6.10. The Labute approximate surface area is 225 Å². The molecule has 39 heavy (non-hydrogen) atoms. The lowest BCUT2D eigenvalue weighted by Gasteiger charge is -2.43. The summed E-state index contributed by atoms with van der Waals surface area (Å²) < 4.78 is 48.0. The molecule has 0 radical (unpaired) electrons. The number of hydrogen-bond acceptors (Lipinski definition) is 6. The first-order valence-electron chi connectivity index (χ1n) is 13.0. The third-order valence-electron chi connectivity index (χ3n) is 8.15. The molecule has 3 heterocycles. The van der Waals surface area contributed by atoms with Gasteiger partial charge in [-0.05, 0) is 60.3 Å². The number of rotatable bonds is 8. The van der Waals surface area contributed by atoms with E-state index < -0.39 is 23.1 Å². The van der Waals surface area contributed by atoms with Crippen molar-refractivity contribution in [2.45, 2.75) is 50.0 Å². The summed E-state index contributed by atoms with van der Waals surface area (Å²) in [5.74, 6) is -0.239. The maximum absolute atomic E-state index is 14.2. The number of carbonyl (C=O) groups is 1. The second-order valence-corrected chi connectivity index (χ2v) is 10.7. The molecule has 208 valence electrons. The molecule has 2 aromatic carbocycles. The van der Waals surface area contributed by atoms with E-state index in [1.54, 1.807) is 31.3 Å². The van der Waals surface area contributed by atoms with E-state index in [9.17, 15) is 23.1 Å². The maximum atomic E-state index is 14.2. The van der Waals surface area contributed by atoms with E-state index in [1.165, 1.54) is 9.80 Å². The molecular formula is C28H32F3N5O3. The summed E-state index contributed by atoms with van der Waals surface area (Å²) >= 11 is 0. The number of carbonyl (C=O) groups excluding carboxylic acids is 1. The maximum Gasteiger partial charge on any atom is 0.416 e. The molecule has 1 amide bonds. The zero-order valence-electron chi connectivity index (χ0n) is 21.7. The van der Waals surface area contributed by atoms with E-state index in [2.05, 4.69) is 0 Å². The quantitative estimate of drug-likeness (QED) is 0.345. The molecule has 0 bridgehead atoms. The third kappa shape index (κ3) is 5.06. The van der Waals surface area contributed by atoms with Crippen LogP contribution < -0.4 is 4.90 Å². The molecular weight excluding hydrogens is 511 g/mol. The van der Waals surface area contributed by atoms with Gasteiger partial charge in [-0.3, -0.25) is 20.5 Å². The van der Waals surface area contributed by atoms with Crippen molar-refractivity contribution in [2.75, 3.05) is 38.3 Å². The minimum Gasteiger partial charge on any atom is -0.395 e. The number of nitrogens with one attached hydrogen (secondary N) is 2. The highest BCUT2D eigenvalue weighted by Gasteiger charge is 2.44. The topological polar surface area (TPSA) is 104 Å². The molecule has 0 aliphatic carbocycles. The minimum atomic E-state index is -4.62. The number of hydrogen-bond donors (Lipinski definition) is 3. The smallest absolute Gasteiger partial charge is 0.395 e. The van der Waals surface area contributed by atoms with Gasteiger partial charge in [0.05, 0.1) is 38.3 Å². The van der Waals surface area contributed by atoms with Gasteiger partial charge in [-0.15, -0.1) is 0 Å². The number of ether oxygens (including phenoxy) is 1. The van der Waals surface area contributed by atoms with Crippen molar-refractivity contribution in [1.29, 1.82) is 10.8 Å². The first-order valence-corrected chi connectivity index (χ1v) is 13.0. The predicted octanol–water partition coefficient (Wildman–Crippen LogP) is 4.00. The highest BCUT2D eigenvalue weighted by atomic mass is 19.4. The van der Waals surface area contributed by atoms with Gasteiger partial charge in [0.15, 0.2) is 0 Å². The third-order valence-corrected chi connectivity index (χ3v) is 8.15. The van der Waals surface area contributed by atoms with Crippen LogP contribution in [0.5, 0.6) is 0 Å². The van der Waals surface area contributed by atoms with Crippen molar-refractivity contribution in [3.8, 4) is 0 Å². The molecule has 11 heteroatoms. The Kier molecular flexibility index (Phi) is 7.25. The van der Waals surface area contributed by atoms with Crippen LogP contribution >= 0.6 is 0 Å². The first kappa shape index (κ1) is 27.3. The Bertz CT molecular complexity index is 1290. The van der Waals surface area contributed by atoms with E-state index in [0.29, 0.717) is 37.4 Å². The average molecular weight is 544 g/mol. The fraction of sp³-hybridized carbons (Fsp3) is 0.464. The van der Waals surface area contributed by atoms with Crippen molar-refractivity contribution in [1.82, 2.24) is 9.80 Å². The number of likely N-dealkylation sites (tertiary alicyclic amines) is 1. The fourth-order valence-electron chi connectivity index (χ4n) is 5.81. The monoisotopic (exact) mass is 543 g/mol. The van der Waals surface area contributed by atoms with Crippen LogP contribution in [0.1, 0.15) is 51.9 Å². The second-order valence-electron chi connectivity index (χ2n) is 10.7. The van der Waals surface area contributed by atoms with Crippen molar-refractivity contribution in [3.63, 3.8) is 0 Å². The number of amides is 1. The van der Waals surface area contributed by atoms with E-state index in [0.717, 1.165) is 30.8 Å². The molecule has 8 nitrogen and oxygen atoms in total. The standard InChI is InChI=1S/C28H32F3N5O3/c1-34(17-32)25(33)11-27(15-39-16-27)19-4-2-5-20(10-19)36-13-23-22(26(36)38)8-18(9-24(23)28(29,30)31)12-35-7-3-6-21(35)14-37/h2,4-5,8-10,17,21,32-33,37H,3,6-7,11-16H2,1H3. The van der Waals surface area contributed by atoms with Crippen molar-refractivity contribution in [2.24, 2.45) is 0 Å². The van der Waals surface area contributed by atoms with Gasteiger partial charge in [-0.25, -0.2) is 0 Å². The van der Waals surface area contributed by atoms with E-state index >= 15 is 0 Å². The summed E-state index contributed by atoms with van der Waals surface area (Å²) in [5, 5.41) is 25.4. The van der Waals surface area contributed by atoms with Crippen LogP contribution in [0.25, 0.3) is 0 Å². The summed E-state index contributed by atoms with van der Waals surface area (Å²) in [4.78, 5) is 18.3. The van der Waals surface area contributed by atoms with Crippen LogP contribution in [-0.4, -0.2) is 72.4 Å². The van der Waals surface area contributed by atoms with Gasteiger partial charge < -0.3 is 19.6 Å². The lowest BCUT2D eigenvalue weighted by atomic mass is 9.75. The van der Waals surface area contributed by atoms with Crippen molar-refractivity contribution in [3.05, 3.63) is 64.2 Å². The van der Waals surface area contributed by atoms with Crippen molar-refractivity contribution >= 4 is 23.8 Å². The van der Waals surface area contributed by atoms with Gasteiger partial charge in [-0.1, -0.05) is 12.1 Å². The van der Waals surface area contributed by atoms with Gasteiger partial charge in [0.2, 0.25) is 0 Å². The highest BCUT2D eigenvalue weighted by Crippen LogP contribution is 2.42. The summed E-state index contributed by atoms with van der Waals surface area (Å²) in [6, 6.07) is 9.77. The lowest BCUT2D eigenvalue weighted by Crippen LogP contribution is -2.49. The molecule has 5 rings (SSSR count). The van der Waals surface area contributed by atoms with Gasteiger partial charge in [0.25, 0.3) is 5.91 Å². The molecule has 1 atom stereocenters. The van der Waals surface area contributed by atoms with Crippen LogP contribution in [0, 0.1) is 10.8 Å². The summed E-state index contributed by atoms with van der Waals surface area (Å²) in [6.45, 7) is 1.42. The molecule has 2 fully saturated rings. The molecule has 2 aromatic rings. The summed E-state index contributed by atoms with van der Waals surface area (Å²) in [5.41, 5.74) is 0.446. The number of aliphatic hydroxyl groups excluding tert-OH is 1. The van der Waals surface area contributed by atoms with Crippen molar-refractivity contribution < 1.29 is 27.8 Å². The molecule has 1 unspecified atom stereocenters. The Morgan fingerprint density at radius 2 is 2.05 bits per heavy atom. The first-order chi connectivity index (χ1) is 18.6. The normalized spacial score (nSPS) is 20.6. The van der Waals surface area contributed by atoms with E-state index in [-0.39, 0.29) is 42.7 Å². The molecule has 0 aromatic heterocycles. The van der Waals surface area contributed by atoms with E-state index in [4.69, 9.17) is 15.6 Å². The van der Waals surface area contributed by atoms with Gasteiger partial charge in [-0.2, -0.15) is 13.2 Å². The Balaban J connectivity index is 1.45. The number of benzene rings is 2. The zero-order chi connectivity index (χ0) is 27.9. The number of nitrogens with zero attached hydrogens (tertiary/aromatic N) is 3. The van der Waals surface area contributed by atoms with Crippen LogP contribution in [0.15, 0.2) is 36.4 Å². The fourth-order valence-corrected chi connectivity index (χ4v) is 5.81. The zero-order valence-corrected chi connectivity index (χ0v) is 21.7. The Morgan fingerprint density at radius 1 is 1.28 bits per heavy atom. The number of aliphatic hydroxyl groups is 1.